The summed E-state index contributed by atoms with van der Waals surface area (Å²) in [6, 6.07) is 7.89. The number of thioether (sulfide) groups is 1. The number of ether oxygens (including phenoxy) is 1. The third-order valence-electron chi connectivity index (χ3n) is 2.63. The number of hydrogen-bond donors (Lipinski definition) is 1. The van der Waals surface area contributed by atoms with Crippen LogP contribution in [0.15, 0.2) is 33.9 Å². The van der Waals surface area contributed by atoms with Crippen LogP contribution in [0.2, 0.25) is 0 Å². The molecule has 9 heteroatoms. The molecule has 0 spiro atoms. The maximum absolute atomic E-state index is 5.31. The largest absolute Gasteiger partial charge is 0.469 e. The minimum atomic E-state index is 0.595. The van der Waals surface area contributed by atoms with Crippen molar-refractivity contribution in [1.82, 2.24) is 25.4 Å². The molecule has 2 aromatic heterocycles. The second kappa shape index (κ2) is 7.21. The Morgan fingerprint density at radius 2 is 2.18 bits per heavy atom. The summed E-state index contributed by atoms with van der Waals surface area (Å²) in [5.74, 6) is 1.40. The molecule has 0 amide bonds. The molecule has 0 saturated carbocycles. The molecule has 2 heterocycles. The lowest BCUT2D eigenvalue weighted by molar-refractivity contribution is 0.335. The molecule has 0 aliphatic carbocycles. The van der Waals surface area contributed by atoms with Gasteiger partial charge in [0.15, 0.2) is 5.82 Å². The Balaban J connectivity index is 1.65. The standard InChI is InChI=1S/C13H12BrN5OS2/c1-2-20-13-19-16-10(22-13)7-21-12-15-11(17-18-12)8-5-3-4-6-9(8)14/h3-6H,2,7H2,1H3,(H,15,17,18). The molecule has 1 aromatic carbocycles. The van der Waals surface area contributed by atoms with Crippen molar-refractivity contribution in [1.29, 1.82) is 0 Å². The van der Waals surface area contributed by atoms with Crippen LogP contribution in [0, 0.1) is 0 Å². The Morgan fingerprint density at radius 1 is 1.32 bits per heavy atom. The van der Waals surface area contributed by atoms with Crippen molar-refractivity contribution >= 4 is 39.0 Å². The van der Waals surface area contributed by atoms with Crippen LogP contribution in [-0.2, 0) is 5.75 Å². The van der Waals surface area contributed by atoms with Crippen LogP contribution in [0.1, 0.15) is 11.9 Å². The van der Waals surface area contributed by atoms with E-state index in [-0.39, 0.29) is 0 Å². The molecule has 114 valence electrons. The quantitative estimate of drug-likeness (QED) is 0.637. The Bertz CT molecular complexity index is 760. The van der Waals surface area contributed by atoms with Crippen molar-refractivity contribution in [2.24, 2.45) is 0 Å². The number of halogens is 1. The highest BCUT2D eigenvalue weighted by atomic mass is 79.9. The van der Waals surface area contributed by atoms with Crippen molar-refractivity contribution in [3.05, 3.63) is 33.7 Å². The van der Waals surface area contributed by atoms with Crippen LogP contribution in [0.25, 0.3) is 11.4 Å². The number of aromatic nitrogens is 5. The maximum Gasteiger partial charge on any atom is 0.294 e. The lowest BCUT2D eigenvalue weighted by Gasteiger charge is -1.98. The summed E-state index contributed by atoms with van der Waals surface area (Å²) in [5, 5.41) is 17.4. The average Bonchev–Trinajstić information content (AvgIpc) is 3.15. The van der Waals surface area contributed by atoms with E-state index in [1.807, 2.05) is 31.2 Å². The fourth-order valence-corrected chi connectivity index (χ4v) is 3.69. The van der Waals surface area contributed by atoms with Gasteiger partial charge in [0.25, 0.3) is 5.19 Å². The molecular formula is C13H12BrN5OS2. The van der Waals surface area contributed by atoms with E-state index in [2.05, 4.69) is 41.3 Å². The van der Waals surface area contributed by atoms with Gasteiger partial charge in [0, 0.05) is 10.0 Å². The molecule has 0 fully saturated rings. The van der Waals surface area contributed by atoms with Crippen LogP contribution in [0.4, 0.5) is 0 Å². The van der Waals surface area contributed by atoms with E-state index in [0.717, 1.165) is 20.9 Å². The van der Waals surface area contributed by atoms with E-state index in [1.165, 1.54) is 23.1 Å². The molecule has 3 aromatic rings. The monoisotopic (exact) mass is 397 g/mol. The predicted octanol–water partition coefficient (Wildman–Crippen LogP) is 3.78. The van der Waals surface area contributed by atoms with Gasteiger partial charge in [-0.25, -0.2) is 4.98 Å². The molecule has 0 atom stereocenters. The third kappa shape index (κ3) is 3.65. The summed E-state index contributed by atoms with van der Waals surface area (Å²) in [5.41, 5.74) is 0.983. The number of hydrogen-bond acceptors (Lipinski definition) is 7. The molecule has 1 N–H and O–H groups in total. The van der Waals surface area contributed by atoms with E-state index in [4.69, 9.17) is 4.74 Å². The Labute approximate surface area is 143 Å². The molecule has 6 nitrogen and oxygen atoms in total. The first-order chi connectivity index (χ1) is 10.8. The number of nitrogens with zero attached hydrogens (tertiary/aromatic N) is 4. The smallest absolute Gasteiger partial charge is 0.294 e. The molecule has 0 bridgehead atoms. The topological polar surface area (TPSA) is 76.6 Å². The highest BCUT2D eigenvalue weighted by Crippen LogP contribution is 2.28. The number of nitrogens with one attached hydrogen (secondary N) is 1. The minimum absolute atomic E-state index is 0.595. The second-order valence-corrected chi connectivity index (χ2v) is 6.95. The van der Waals surface area contributed by atoms with Crippen LogP contribution in [0.5, 0.6) is 5.19 Å². The Hall–Kier alpha value is -1.45. The average molecular weight is 398 g/mol. The molecule has 0 radical (unpaired) electrons. The van der Waals surface area contributed by atoms with Gasteiger partial charge in [-0.05, 0) is 13.0 Å². The molecule has 0 aliphatic rings. The van der Waals surface area contributed by atoms with Gasteiger partial charge < -0.3 is 4.74 Å². The lowest BCUT2D eigenvalue weighted by Crippen LogP contribution is -1.89. The summed E-state index contributed by atoms with van der Waals surface area (Å²) < 4.78 is 6.29. The van der Waals surface area contributed by atoms with Crippen LogP contribution >= 0.6 is 39.0 Å². The molecule has 22 heavy (non-hydrogen) atoms. The van der Waals surface area contributed by atoms with Crippen molar-refractivity contribution in [2.75, 3.05) is 6.61 Å². The van der Waals surface area contributed by atoms with E-state index >= 15 is 0 Å². The fourth-order valence-electron chi connectivity index (χ4n) is 1.69. The zero-order valence-electron chi connectivity index (χ0n) is 11.6. The number of rotatable bonds is 6. The van der Waals surface area contributed by atoms with Gasteiger partial charge in [0.05, 0.1) is 12.4 Å². The predicted molar refractivity (Wildman–Crippen MR) is 90.2 cm³/mol. The number of H-pyrrole nitrogens is 1. The van der Waals surface area contributed by atoms with Crippen LogP contribution in [-0.4, -0.2) is 32.0 Å². The third-order valence-corrected chi connectivity index (χ3v) is 5.20. The van der Waals surface area contributed by atoms with Crippen LogP contribution < -0.4 is 4.74 Å². The summed E-state index contributed by atoms with van der Waals surface area (Å²) in [6.45, 7) is 2.52. The SMILES string of the molecule is CCOc1nnc(CSc2n[nH]c(-c3ccccc3Br)n2)s1. The summed E-state index contributed by atoms with van der Waals surface area (Å²) in [4.78, 5) is 4.49. The van der Waals surface area contributed by atoms with Crippen molar-refractivity contribution in [2.45, 2.75) is 17.8 Å². The first-order valence-corrected chi connectivity index (χ1v) is 9.11. The summed E-state index contributed by atoms with van der Waals surface area (Å²) in [6.07, 6.45) is 0. The van der Waals surface area contributed by atoms with Gasteiger partial charge in [-0.2, -0.15) is 0 Å². The molecule has 0 saturated heterocycles. The van der Waals surface area contributed by atoms with Gasteiger partial charge in [-0.1, -0.05) is 57.2 Å². The molecular weight excluding hydrogens is 386 g/mol. The van der Waals surface area contributed by atoms with E-state index in [9.17, 15) is 0 Å². The van der Waals surface area contributed by atoms with Gasteiger partial charge in [-0.3, -0.25) is 5.10 Å². The van der Waals surface area contributed by atoms with Crippen molar-refractivity contribution < 1.29 is 4.74 Å². The number of aromatic amines is 1. The van der Waals surface area contributed by atoms with Gasteiger partial charge in [-0.15, -0.1) is 15.3 Å². The van der Waals surface area contributed by atoms with E-state index < -0.39 is 0 Å². The second-order valence-electron chi connectivity index (χ2n) is 4.13. The van der Waals surface area contributed by atoms with E-state index in [1.54, 1.807) is 0 Å². The minimum Gasteiger partial charge on any atom is -0.469 e. The van der Waals surface area contributed by atoms with Crippen LogP contribution in [0.3, 0.4) is 0 Å². The lowest BCUT2D eigenvalue weighted by atomic mass is 10.2. The zero-order chi connectivity index (χ0) is 15.4. The van der Waals surface area contributed by atoms with Gasteiger partial charge in [0.2, 0.25) is 5.16 Å². The highest BCUT2D eigenvalue weighted by Gasteiger charge is 2.11. The molecule has 3 rings (SSSR count). The van der Waals surface area contributed by atoms with E-state index in [0.29, 0.717) is 22.7 Å². The summed E-state index contributed by atoms with van der Waals surface area (Å²) in [7, 11) is 0. The highest BCUT2D eigenvalue weighted by molar-refractivity contribution is 9.10. The Morgan fingerprint density at radius 3 is 3.00 bits per heavy atom. The first kappa shape index (κ1) is 15.4. The molecule has 0 unspecified atom stereocenters. The maximum atomic E-state index is 5.31. The molecule has 0 aliphatic heterocycles. The number of benzene rings is 1. The van der Waals surface area contributed by atoms with Gasteiger partial charge >= 0.3 is 0 Å². The van der Waals surface area contributed by atoms with Crippen molar-refractivity contribution in [3.8, 4) is 16.6 Å². The Kier molecular flexibility index (Phi) is 5.06. The zero-order valence-corrected chi connectivity index (χ0v) is 14.8. The first-order valence-electron chi connectivity index (χ1n) is 6.51. The van der Waals surface area contributed by atoms with Crippen molar-refractivity contribution in [3.63, 3.8) is 0 Å². The fraction of sp³-hybridized carbons (Fsp3) is 0.231. The van der Waals surface area contributed by atoms with Gasteiger partial charge in [0.1, 0.15) is 5.01 Å². The normalized spacial score (nSPS) is 10.8. The summed E-state index contributed by atoms with van der Waals surface area (Å²) >= 11 is 6.46.